The van der Waals surface area contributed by atoms with E-state index in [2.05, 4.69) is 6.07 Å². The van der Waals surface area contributed by atoms with Crippen LogP contribution >= 0.6 is 11.3 Å². The first-order valence-corrected chi connectivity index (χ1v) is 7.60. The standard InChI is InChI=1S/C14H22N2O2S/c1-18-8-7-16(10-12-4-2-9-19-12)13(17)14(11-15)5-3-6-14/h2,4,9H,3,5-8,10-11,15H2,1H3. The minimum Gasteiger partial charge on any atom is -0.383 e. The Hall–Kier alpha value is -0.910. The van der Waals surface area contributed by atoms with Crippen LogP contribution in [-0.4, -0.2) is 37.6 Å². The fourth-order valence-corrected chi connectivity index (χ4v) is 3.21. The van der Waals surface area contributed by atoms with Crippen LogP contribution in [0.3, 0.4) is 0 Å². The first-order valence-electron chi connectivity index (χ1n) is 6.72. The summed E-state index contributed by atoms with van der Waals surface area (Å²) in [4.78, 5) is 15.8. The van der Waals surface area contributed by atoms with Crippen molar-refractivity contribution in [2.45, 2.75) is 25.8 Å². The number of methoxy groups -OCH3 is 1. The minimum absolute atomic E-state index is 0.201. The number of thiophene rings is 1. The van der Waals surface area contributed by atoms with Crippen molar-refractivity contribution in [3.05, 3.63) is 22.4 Å². The minimum atomic E-state index is -0.301. The molecule has 0 atom stereocenters. The van der Waals surface area contributed by atoms with Gasteiger partial charge in [0.2, 0.25) is 5.91 Å². The van der Waals surface area contributed by atoms with Gasteiger partial charge in [-0.25, -0.2) is 0 Å². The van der Waals surface area contributed by atoms with Crippen LogP contribution in [-0.2, 0) is 16.1 Å². The van der Waals surface area contributed by atoms with Crippen LogP contribution in [0.2, 0.25) is 0 Å². The molecular weight excluding hydrogens is 260 g/mol. The van der Waals surface area contributed by atoms with E-state index in [9.17, 15) is 4.79 Å². The Morgan fingerprint density at radius 2 is 2.37 bits per heavy atom. The highest BCUT2D eigenvalue weighted by Crippen LogP contribution is 2.41. The highest BCUT2D eigenvalue weighted by molar-refractivity contribution is 7.09. The summed E-state index contributed by atoms with van der Waals surface area (Å²) in [7, 11) is 1.66. The van der Waals surface area contributed by atoms with Crippen molar-refractivity contribution >= 4 is 17.2 Å². The lowest BCUT2D eigenvalue weighted by Gasteiger charge is -2.42. The van der Waals surface area contributed by atoms with Crippen molar-refractivity contribution in [2.24, 2.45) is 11.1 Å². The van der Waals surface area contributed by atoms with Crippen LogP contribution < -0.4 is 5.73 Å². The third-order valence-electron chi connectivity index (χ3n) is 3.93. The van der Waals surface area contributed by atoms with Gasteiger partial charge in [-0.3, -0.25) is 4.79 Å². The molecule has 1 saturated carbocycles. The maximum Gasteiger partial charge on any atom is 0.230 e. The Balaban J connectivity index is 2.05. The van der Waals surface area contributed by atoms with E-state index in [4.69, 9.17) is 10.5 Å². The second-order valence-electron chi connectivity index (χ2n) is 5.14. The summed E-state index contributed by atoms with van der Waals surface area (Å²) in [5, 5.41) is 2.04. The monoisotopic (exact) mass is 282 g/mol. The molecule has 0 unspecified atom stereocenters. The zero-order valence-corrected chi connectivity index (χ0v) is 12.2. The maximum absolute atomic E-state index is 12.7. The van der Waals surface area contributed by atoms with Crippen molar-refractivity contribution in [1.82, 2.24) is 4.90 Å². The summed E-state index contributed by atoms with van der Waals surface area (Å²) in [6.07, 6.45) is 2.96. The van der Waals surface area contributed by atoms with Gasteiger partial charge >= 0.3 is 0 Å². The Bertz CT molecular complexity index is 396. The van der Waals surface area contributed by atoms with Gasteiger partial charge in [-0.05, 0) is 24.3 Å². The second kappa shape index (κ2) is 6.50. The normalized spacial score (nSPS) is 16.9. The molecule has 4 nitrogen and oxygen atoms in total. The van der Waals surface area contributed by atoms with Gasteiger partial charge < -0.3 is 15.4 Å². The van der Waals surface area contributed by atoms with Gasteiger partial charge in [0.05, 0.1) is 18.6 Å². The third kappa shape index (κ3) is 3.16. The number of ether oxygens (including phenoxy) is 1. The van der Waals surface area contributed by atoms with E-state index in [0.29, 0.717) is 26.2 Å². The Morgan fingerprint density at radius 3 is 2.84 bits per heavy atom. The van der Waals surface area contributed by atoms with Gasteiger partial charge in [0.25, 0.3) is 0 Å². The lowest BCUT2D eigenvalue weighted by Crippen LogP contribution is -2.52. The molecular formula is C14H22N2O2S. The lowest BCUT2D eigenvalue weighted by atomic mass is 9.68. The molecule has 0 bridgehead atoms. The number of rotatable bonds is 7. The van der Waals surface area contributed by atoms with E-state index < -0.39 is 0 Å². The zero-order chi connectivity index (χ0) is 13.7. The molecule has 1 aliphatic carbocycles. The van der Waals surface area contributed by atoms with E-state index in [1.165, 1.54) is 4.88 Å². The maximum atomic E-state index is 12.7. The molecule has 1 aliphatic rings. The van der Waals surface area contributed by atoms with Crippen molar-refractivity contribution in [3.8, 4) is 0 Å². The Kier molecular flexibility index (Phi) is 4.96. The average molecular weight is 282 g/mol. The molecule has 2 rings (SSSR count). The fourth-order valence-electron chi connectivity index (χ4n) is 2.49. The largest absolute Gasteiger partial charge is 0.383 e. The van der Waals surface area contributed by atoms with Crippen molar-refractivity contribution in [1.29, 1.82) is 0 Å². The van der Waals surface area contributed by atoms with Crippen molar-refractivity contribution < 1.29 is 9.53 Å². The van der Waals surface area contributed by atoms with E-state index in [0.717, 1.165) is 19.3 Å². The van der Waals surface area contributed by atoms with E-state index in [1.807, 2.05) is 16.3 Å². The van der Waals surface area contributed by atoms with Gasteiger partial charge in [0.15, 0.2) is 0 Å². The van der Waals surface area contributed by atoms with Crippen LogP contribution in [0.5, 0.6) is 0 Å². The molecule has 0 radical (unpaired) electrons. The van der Waals surface area contributed by atoms with E-state index in [-0.39, 0.29) is 11.3 Å². The van der Waals surface area contributed by atoms with Crippen LogP contribution in [0, 0.1) is 5.41 Å². The number of hydrogen-bond acceptors (Lipinski definition) is 4. The van der Waals surface area contributed by atoms with Crippen LogP contribution in [0.1, 0.15) is 24.1 Å². The van der Waals surface area contributed by atoms with Crippen LogP contribution in [0.4, 0.5) is 0 Å². The smallest absolute Gasteiger partial charge is 0.230 e. The topological polar surface area (TPSA) is 55.6 Å². The molecule has 2 N–H and O–H groups in total. The highest BCUT2D eigenvalue weighted by Gasteiger charge is 2.44. The number of nitrogens with two attached hydrogens (primary N) is 1. The zero-order valence-electron chi connectivity index (χ0n) is 11.4. The summed E-state index contributed by atoms with van der Waals surface area (Å²) in [6.45, 7) is 2.33. The van der Waals surface area contributed by atoms with Crippen LogP contribution in [0.25, 0.3) is 0 Å². The highest BCUT2D eigenvalue weighted by atomic mass is 32.1. The summed E-state index contributed by atoms with van der Waals surface area (Å²) < 4.78 is 5.12. The third-order valence-corrected chi connectivity index (χ3v) is 4.80. The number of amides is 1. The number of carbonyl (C=O) groups is 1. The first-order chi connectivity index (χ1) is 9.22. The summed E-state index contributed by atoms with van der Waals surface area (Å²) in [5.41, 5.74) is 5.53. The molecule has 19 heavy (non-hydrogen) atoms. The second-order valence-corrected chi connectivity index (χ2v) is 6.17. The van der Waals surface area contributed by atoms with Gasteiger partial charge in [-0.1, -0.05) is 12.5 Å². The molecule has 0 saturated heterocycles. The summed E-state index contributed by atoms with van der Waals surface area (Å²) in [5.74, 6) is 0.201. The molecule has 1 heterocycles. The van der Waals surface area contributed by atoms with Gasteiger partial charge in [-0.15, -0.1) is 11.3 Å². The fraction of sp³-hybridized carbons (Fsp3) is 0.643. The first kappa shape index (κ1) is 14.5. The summed E-state index contributed by atoms with van der Waals surface area (Å²) >= 11 is 1.68. The number of carbonyl (C=O) groups excluding carboxylic acids is 1. The Morgan fingerprint density at radius 1 is 1.58 bits per heavy atom. The Labute approximate surface area is 118 Å². The predicted molar refractivity (Wildman–Crippen MR) is 77.0 cm³/mol. The lowest BCUT2D eigenvalue weighted by molar-refractivity contribution is -0.148. The van der Waals surface area contributed by atoms with Crippen molar-refractivity contribution in [2.75, 3.05) is 26.8 Å². The van der Waals surface area contributed by atoms with E-state index in [1.54, 1.807) is 18.4 Å². The molecule has 1 aromatic heterocycles. The molecule has 1 aromatic rings. The van der Waals surface area contributed by atoms with Gasteiger partial charge in [-0.2, -0.15) is 0 Å². The quantitative estimate of drug-likeness (QED) is 0.830. The molecule has 106 valence electrons. The van der Waals surface area contributed by atoms with Crippen LogP contribution in [0.15, 0.2) is 17.5 Å². The van der Waals surface area contributed by atoms with Gasteiger partial charge in [0.1, 0.15) is 0 Å². The summed E-state index contributed by atoms with van der Waals surface area (Å²) in [6, 6.07) is 4.08. The SMILES string of the molecule is COCCN(Cc1cccs1)C(=O)C1(CN)CCC1. The molecule has 0 spiro atoms. The molecule has 1 amide bonds. The van der Waals surface area contributed by atoms with E-state index >= 15 is 0 Å². The molecule has 0 aromatic carbocycles. The molecule has 1 fully saturated rings. The van der Waals surface area contributed by atoms with Crippen molar-refractivity contribution in [3.63, 3.8) is 0 Å². The number of nitrogens with zero attached hydrogens (tertiary/aromatic N) is 1. The van der Waals surface area contributed by atoms with Gasteiger partial charge in [0, 0.05) is 25.1 Å². The molecule has 5 heteroatoms. The molecule has 0 aliphatic heterocycles. The number of hydrogen-bond donors (Lipinski definition) is 1. The predicted octanol–water partition coefficient (Wildman–Crippen LogP) is 1.85. The average Bonchev–Trinajstić information content (AvgIpc) is 2.86.